The number of aliphatic carboxylic acids is 2. The van der Waals surface area contributed by atoms with Gasteiger partial charge in [0.2, 0.25) is 5.95 Å². The van der Waals surface area contributed by atoms with Crippen molar-refractivity contribution < 1.29 is 59.7 Å². The number of phenols is 3. The molecule has 0 saturated carbocycles. The van der Waals surface area contributed by atoms with Gasteiger partial charge in [0.25, 0.3) is 0 Å². The van der Waals surface area contributed by atoms with Gasteiger partial charge in [0.05, 0.1) is 34.7 Å². The fourth-order valence-electron chi connectivity index (χ4n) is 5.64. The molecule has 0 atom stereocenters. The van der Waals surface area contributed by atoms with Crippen molar-refractivity contribution in [1.29, 1.82) is 0 Å². The number of aromatic carboxylic acids is 1. The quantitative estimate of drug-likeness (QED) is 0.0185. The van der Waals surface area contributed by atoms with Crippen LogP contribution in [0.1, 0.15) is 41.3 Å². The van der Waals surface area contributed by atoms with E-state index in [-0.39, 0.29) is 71.7 Å². The summed E-state index contributed by atoms with van der Waals surface area (Å²) in [6.45, 7) is 0. The molecule has 5 aromatic carbocycles. The van der Waals surface area contributed by atoms with E-state index >= 15 is 0 Å². The molecule has 0 fully saturated rings. The van der Waals surface area contributed by atoms with Crippen LogP contribution in [0.3, 0.4) is 0 Å². The Balaban J connectivity index is 1.34. The first kappa shape index (κ1) is 40.3. The fourth-order valence-corrected chi connectivity index (χ4v) is 6.13. The van der Waals surface area contributed by atoms with Gasteiger partial charge in [-0.3, -0.25) is 9.59 Å². The monoisotopic (exact) mass is 810 g/mol. The molecule has 0 saturated heterocycles. The number of hydrogen-bond acceptors (Lipinski definition) is 18. The summed E-state index contributed by atoms with van der Waals surface area (Å²) in [6, 6.07) is 18.8. The van der Waals surface area contributed by atoms with E-state index in [4.69, 9.17) is 15.5 Å². The van der Waals surface area contributed by atoms with Crippen LogP contribution in [0.4, 0.5) is 34.4 Å². The maximum atomic E-state index is 11.6. The minimum atomic E-state index is -1.55. The Kier molecular flexibility index (Phi) is 12.6. The smallest absolute Gasteiger partial charge is 0.343 e. The van der Waals surface area contributed by atoms with Crippen LogP contribution in [0.15, 0.2) is 98.1 Å². The van der Waals surface area contributed by atoms with Crippen molar-refractivity contribution in [3.8, 4) is 17.2 Å². The predicted octanol–water partition coefficient (Wildman–Crippen LogP) is 8.42. The number of hydrogen-bond donors (Lipinski definition) is 8. The number of carbonyl (C=O) groups is 3. The van der Waals surface area contributed by atoms with Crippen molar-refractivity contribution >= 4 is 85.9 Å². The Hall–Kier alpha value is -7.33. The summed E-state index contributed by atoms with van der Waals surface area (Å²) >= 11 is 0.544. The summed E-state index contributed by atoms with van der Waals surface area (Å²) in [5.74, 6) is -4.79. The minimum Gasteiger partial charge on any atom is -0.507 e. The van der Waals surface area contributed by atoms with Crippen molar-refractivity contribution in [2.24, 2.45) is 20.5 Å². The highest BCUT2D eigenvalue weighted by atomic mass is 32.2. The lowest BCUT2D eigenvalue weighted by molar-refractivity contribution is -0.432. The summed E-state index contributed by atoms with van der Waals surface area (Å²) in [5.41, 5.74) is 0.0576. The van der Waals surface area contributed by atoms with Gasteiger partial charge in [-0.15, -0.1) is 24.8 Å². The number of rotatable bonds is 17. The molecule has 0 spiro atoms. The van der Waals surface area contributed by atoms with Crippen LogP contribution in [0.2, 0.25) is 0 Å². The highest BCUT2D eigenvalue weighted by Gasteiger charge is 2.20. The van der Waals surface area contributed by atoms with E-state index < -0.39 is 35.0 Å². The van der Waals surface area contributed by atoms with E-state index in [0.717, 1.165) is 6.07 Å². The van der Waals surface area contributed by atoms with Gasteiger partial charge in [0.15, 0.2) is 11.5 Å². The topological polar surface area (TPSA) is 311 Å². The van der Waals surface area contributed by atoms with E-state index in [9.17, 15) is 34.8 Å². The van der Waals surface area contributed by atoms with Crippen molar-refractivity contribution in [3.63, 3.8) is 0 Å². The first-order chi connectivity index (χ1) is 27.9. The van der Waals surface area contributed by atoms with Gasteiger partial charge in [0.1, 0.15) is 34.3 Å². The van der Waals surface area contributed by atoms with Gasteiger partial charge in [0, 0.05) is 41.1 Å². The van der Waals surface area contributed by atoms with Crippen LogP contribution < -0.4 is 5.32 Å². The summed E-state index contributed by atoms with van der Waals surface area (Å²) < 4.78 is 4.67. The number of carboxylic acid groups (broad SMARTS) is 3. The van der Waals surface area contributed by atoms with Gasteiger partial charge in [-0.2, -0.15) is 9.97 Å². The number of benzene rings is 5. The Bertz CT molecular complexity index is 2620. The molecule has 0 radical (unpaired) electrons. The molecule has 58 heavy (non-hydrogen) atoms. The summed E-state index contributed by atoms with van der Waals surface area (Å²) in [4.78, 5) is 46.9. The molecule has 0 unspecified atom stereocenters. The third-order valence-electron chi connectivity index (χ3n) is 8.29. The third kappa shape index (κ3) is 9.54. The van der Waals surface area contributed by atoms with Crippen molar-refractivity contribution in [1.82, 2.24) is 15.0 Å². The van der Waals surface area contributed by atoms with Crippen LogP contribution in [0.25, 0.3) is 21.5 Å². The molecule has 0 aliphatic carbocycles. The number of azo groups is 2. The molecule has 21 heteroatoms. The molecular formula is C37H30N8O12S. The lowest BCUT2D eigenvalue weighted by atomic mass is 10.1. The molecule has 0 aliphatic rings. The summed E-state index contributed by atoms with van der Waals surface area (Å²) in [7, 11) is 0. The lowest BCUT2D eigenvalue weighted by Crippen LogP contribution is -2.10. The van der Waals surface area contributed by atoms with Crippen molar-refractivity contribution in [3.05, 3.63) is 90.0 Å². The molecule has 6 aromatic rings. The maximum absolute atomic E-state index is 11.6. The number of nitrogens with zero attached hydrogens (tertiary/aromatic N) is 7. The van der Waals surface area contributed by atoms with E-state index in [2.05, 4.69) is 50.1 Å². The SMILES string of the molecule is O=C(O)CCCc1nc(CCC(=O)O)nc(Nc2ccc3cc(SOOO)c(N=Nc4ccc(N=Nc5ccc(O)c(C(=O)O)c5O)c5ccccc45)c(O)c3c2)n1. The van der Waals surface area contributed by atoms with Crippen LogP contribution in [0.5, 0.6) is 17.2 Å². The first-order valence-electron chi connectivity index (χ1n) is 16.9. The second-order valence-corrected chi connectivity index (χ2v) is 12.9. The predicted molar refractivity (Wildman–Crippen MR) is 205 cm³/mol. The first-order valence-corrected chi connectivity index (χ1v) is 17.7. The summed E-state index contributed by atoms with van der Waals surface area (Å²) in [5, 5.41) is 93.8. The second-order valence-electron chi connectivity index (χ2n) is 12.2. The molecular weight excluding hydrogens is 781 g/mol. The van der Waals surface area contributed by atoms with Gasteiger partial charge in [-0.25, -0.2) is 15.0 Å². The Morgan fingerprint density at radius 3 is 1.98 bits per heavy atom. The van der Waals surface area contributed by atoms with Crippen LogP contribution >= 0.6 is 12.0 Å². The van der Waals surface area contributed by atoms with Gasteiger partial charge in [-0.1, -0.05) is 35.4 Å². The largest absolute Gasteiger partial charge is 0.507 e. The molecule has 0 amide bonds. The van der Waals surface area contributed by atoms with E-state index in [1.54, 1.807) is 60.7 Å². The number of carboxylic acids is 3. The Labute approximate surface area is 329 Å². The zero-order chi connectivity index (χ0) is 41.3. The van der Waals surface area contributed by atoms with Gasteiger partial charge < -0.3 is 36.0 Å². The Morgan fingerprint density at radius 2 is 1.33 bits per heavy atom. The average molecular weight is 811 g/mol. The number of aromatic nitrogens is 3. The van der Waals surface area contributed by atoms with E-state index in [1.807, 2.05) is 0 Å². The highest BCUT2D eigenvalue weighted by Crippen LogP contribution is 2.46. The molecule has 296 valence electrons. The van der Waals surface area contributed by atoms with Gasteiger partial charge in [-0.05, 0) is 54.3 Å². The van der Waals surface area contributed by atoms with Crippen molar-refractivity contribution in [2.45, 2.75) is 37.0 Å². The molecule has 1 aromatic heterocycles. The maximum Gasteiger partial charge on any atom is 0.343 e. The van der Waals surface area contributed by atoms with Crippen LogP contribution in [-0.4, -0.2) is 68.8 Å². The van der Waals surface area contributed by atoms with Crippen molar-refractivity contribution in [2.75, 3.05) is 5.32 Å². The van der Waals surface area contributed by atoms with E-state index in [1.165, 1.54) is 6.07 Å². The summed E-state index contributed by atoms with van der Waals surface area (Å²) in [6.07, 6.45) is 0.112. The molecule has 0 aliphatic heterocycles. The third-order valence-corrected chi connectivity index (χ3v) is 8.91. The fraction of sp³-hybridized carbons (Fsp3) is 0.135. The molecule has 20 nitrogen and oxygen atoms in total. The number of anilines is 2. The molecule has 6 rings (SSSR count). The Morgan fingerprint density at radius 1 is 0.690 bits per heavy atom. The minimum absolute atomic E-state index is 0.00718. The van der Waals surface area contributed by atoms with Crippen LogP contribution in [0, 0.1) is 0 Å². The standard InChI is InChI=1S/C37H30N8O12S/c46-26-13-12-25(35(52)32(26)36(53)54)44-42-23-10-11-24(21-5-2-1-4-20(21)23)43-45-33-27(58-57-56-55)16-18-8-9-19(17-22(18)34(33)51)38-37-40-28(6-3-7-30(47)48)39-29(41-37)14-15-31(49)50/h1-2,4-5,8-13,16-17,46,51-52,55H,3,6-7,14-15H2,(H,47,48)(H,49,50)(H,53,54)(H,38,39,40,41). The number of nitrogens with one attached hydrogen (secondary N) is 1. The van der Waals surface area contributed by atoms with Crippen LogP contribution in [-0.2, 0) is 31.8 Å². The molecule has 0 bridgehead atoms. The van der Waals surface area contributed by atoms with E-state index in [0.29, 0.717) is 50.6 Å². The number of phenolic OH excluding ortho intramolecular Hbond substituents is 1. The zero-order valence-electron chi connectivity index (χ0n) is 29.7. The second kappa shape index (κ2) is 18.1. The number of aryl methyl sites for hydroxylation is 2. The average Bonchev–Trinajstić information content (AvgIpc) is 3.19. The normalized spacial score (nSPS) is 11.5. The highest BCUT2D eigenvalue weighted by molar-refractivity contribution is 7.94. The molecule has 8 N–H and O–H groups in total. The van der Waals surface area contributed by atoms with Gasteiger partial charge >= 0.3 is 17.9 Å². The number of aromatic hydroxyl groups is 3. The zero-order valence-corrected chi connectivity index (χ0v) is 30.5. The lowest BCUT2D eigenvalue weighted by Gasteiger charge is -2.12. The number of fused-ring (bicyclic) bond motifs is 2. The molecule has 1 heterocycles.